The highest BCUT2D eigenvalue weighted by molar-refractivity contribution is 6.02. The van der Waals surface area contributed by atoms with Crippen molar-refractivity contribution in [1.82, 2.24) is 9.88 Å². The van der Waals surface area contributed by atoms with Crippen LogP contribution in [0.25, 0.3) is 0 Å². The minimum Gasteiger partial charge on any atom is -0.465 e. The molecule has 29 heavy (non-hydrogen) atoms. The highest BCUT2D eigenvalue weighted by Crippen LogP contribution is 2.33. The van der Waals surface area contributed by atoms with Gasteiger partial charge in [-0.1, -0.05) is 13.8 Å². The first kappa shape index (κ1) is 20.6. The van der Waals surface area contributed by atoms with Crippen LogP contribution in [0.3, 0.4) is 0 Å². The van der Waals surface area contributed by atoms with Gasteiger partial charge in [0.25, 0.3) is 11.5 Å². The summed E-state index contributed by atoms with van der Waals surface area (Å²) in [4.78, 5) is 53.5. The molecule has 0 aliphatic heterocycles. The van der Waals surface area contributed by atoms with E-state index in [4.69, 9.17) is 4.42 Å². The number of H-pyrrole nitrogens is 1. The van der Waals surface area contributed by atoms with Crippen LogP contribution in [0.1, 0.15) is 68.6 Å². The summed E-state index contributed by atoms with van der Waals surface area (Å²) in [5, 5.41) is 0. The molecule has 8 nitrogen and oxygen atoms in total. The number of ketones is 1. The molecular formula is C21H24N2O6. The van der Waals surface area contributed by atoms with Gasteiger partial charge in [-0.25, -0.2) is 4.79 Å². The molecule has 0 aromatic carbocycles. The average Bonchev–Trinajstić information content (AvgIpc) is 2.99. The number of nitrogens with zero attached hydrogens (tertiary/aromatic N) is 1. The van der Waals surface area contributed by atoms with Gasteiger partial charge in [0.05, 0.1) is 13.7 Å². The van der Waals surface area contributed by atoms with Crippen LogP contribution in [0.5, 0.6) is 0 Å². The number of hydrogen-bond acceptors (Lipinski definition) is 6. The molecule has 1 aliphatic rings. The summed E-state index contributed by atoms with van der Waals surface area (Å²) >= 11 is 0. The molecule has 1 amide bonds. The van der Waals surface area contributed by atoms with E-state index in [1.807, 2.05) is 13.8 Å². The standard InChI is InChI=1S/C21H24N2O6/c1-11-13(20(27)28-5)6-12(29-11)10-23(4)19(26)15-7-14-16(22-18(15)25)8-21(2,3)9-17(14)24/h6-7H,8-10H2,1-5H3,(H,22,25). The molecule has 154 valence electrons. The number of pyridine rings is 1. The van der Waals surface area contributed by atoms with Gasteiger partial charge in [0, 0.05) is 24.7 Å². The van der Waals surface area contributed by atoms with E-state index in [0.29, 0.717) is 35.6 Å². The third-order valence-corrected chi connectivity index (χ3v) is 5.06. The third-order valence-electron chi connectivity index (χ3n) is 5.06. The molecule has 8 heteroatoms. The number of aromatic nitrogens is 1. The maximum Gasteiger partial charge on any atom is 0.341 e. The Hall–Kier alpha value is -3.16. The van der Waals surface area contributed by atoms with Crippen molar-refractivity contribution in [3.05, 3.63) is 56.4 Å². The quantitative estimate of drug-likeness (QED) is 0.790. The Balaban J connectivity index is 1.86. The first-order valence-electron chi connectivity index (χ1n) is 9.25. The van der Waals surface area contributed by atoms with Gasteiger partial charge in [-0.05, 0) is 30.9 Å². The van der Waals surface area contributed by atoms with E-state index < -0.39 is 17.4 Å². The molecule has 1 N–H and O–H groups in total. The average molecular weight is 400 g/mol. The fraction of sp³-hybridized carbons (Fsp3) is 0.429. The van der Waals surface area contributed by atoms with E-state index in [1.165, 1.54) is 31.2 Å². The lowest BCUT2D eigenvalue weighted by Crippen LogP contribution is -2.35. The number of furan rings is 1. The number of aryl methyl sites for hydroxylation is 1. The summed E-state index contributed by atoms with van der Waals surface area (Å²) in [6, 6.07) is 2.89. The van der Waals surface area contributed by atoms with Gasteiger partial charge in [-0.2, -0.15) is 0 Å². The van der Waals surface area contributed by atoms with Crippen LogP contribution in [0.4, 0.5) is 0 Å². The molecule has 0 spiro atoms. The normalized spacial score (nSPS) is 15.0. The summed E-state index contributed by atoms with van der Waals surface area (Å²) in [6.45, 7) is 5.60. The van der Waals surface area contributed by atoms with E-state index in [1.54, 1.807) is 6.92 Å². The minimum absolute atomic E-state index is 0.0498. The smallest absolute Gasteiger partial charge is 0.341 e. The molecule has 0 bridgehead atoms. The van der Waals surface area contributed by atoms with Crippen LogP contribution < -0.4 is 5.56 Å². The van der Waals surface area contributed by atoms with Gasteiger partial charge in [0.15, 0.2) is 5.78 Å². The number of esters is 1. The summed E-state index contributed by atoms with van der Waals surface area (Å²) in [5.74, 6) is -0.397. The van der Waals surface area contributed by atoms with Crippen molar-refractivity contribution >= 4 is 17.7 Å². The molecule has 2 aromatic rings. The fourth-order valence-electron chi connectivity index (χ4n) is 3.63. The van der Waals surface area contributed by atoms with Crippen molar-refractivity contribution in [2.45, 2.75) is 40.2 Å². The molecule has 0 atom stereocenters. The Kier molecular flexibility index (Phi) is 5.21. The fourth-order valence-corrected chi connectivity index (χ4v) is 3.63. The minimum atomic E-state index is -0.541. The molecule has 1 aliphatic carbocycles. The summed E-state index contributed by atoms with van der Waals surface area (Å²) < 4.78 is 10.2. The van der Waals surface area contributed by atoms with E-state index in [0.717, 1.165) is 0 Å². The van der Waals surface area contributed by atoms with Gasteiger partial charge < -0.3 is 19.0 Å². The van der Waals surface area contributed by atoms with Crippen LogP contribution in [0, 0.1) is 12.3 Å². The molecule has 0 saturated heterocycles. The Bertz CT molecular complexity index is 1060. The number of amides is 1. The van der Waals surface area contributed by atoms with E-state index in [-0.39, 0.29) is 28.9 Å². The first-order chi connectivity index (χ1) is 13.5. The van der Waals surface area contributed by atoms with Crippen molar-refractivity contribution in [3.63, 3.8) is 0 Å². The molecular weight excluding hydrogens is 376 g/mol. The van der Waals surface area contributed by atoms with Gasteiger partial charge in [0.2, 0.25) is 0 Å². The zero-order valence-electron chi connectivity index (χ0n) is 17.2. The van der Waals surface area contributed by atoms with Crippen LogP contribution in [0.15, 0.2) is 21.3 Å². The lowest BCUT2D eigenvalue weighted by atomic mass is 9.75. The number of carbonyl (C=O) groups excluding carboxylic acids is 3. The van der Waals surface area contributed by atoms with E-state index in [9.17, 15) is 19.2 Å². The second-order valence-corrected chi connectivity index (χ2v) is 8.18. The van der Waals surface area contributed by atoms with Crippen molar-refractivity contribution in [1.29, 1.82) is 0 Å². The Morgan fingerprint density at radius 3 is 2.55 bits per heavy atom. The maximum atomic E-state index is 12.8. The number of methoxy groups -OCH3 is 1. The molecule has 0 radical (unpaired) electrons. The number of Topliss-reactive ketones (excluding diaryl/α,β-unsaturated/α-hetero) is 1. The monoisotopic (exact) mass is 400 g/mol. The van der Waals surface area contributed by atoms with Crippen molar-refractivity contribution < 1.29 is 23.5 Å². The first-order valence-corrected chi connectivity index (χ1v) is 9.25. The SMILES string of the molecule is COC(=O)c1cc(CN(C)C(=O)c2cc3c([nH]c2=O)CC(C)(C)CC3=O)oc1C. The van der Waals surface area contributed by atoms with Gasteiger partial charge >= 0.3 is 5.97 Å². The van der Waals surface area contributed by atoms with Crippen molar-refractivity contribution in [2.75, 3.05) is 14.2 Å². The lowest BCUT2D eigenvalue weighted by Gasteiger charge is -2.30. The summed E-state index contributed by atoms with van der Waals surface area (Å²) in [5.41, 5.74) is 0.377. The zero-order valence-corrected chi connectivity index (χ0v) is 17.2. The number of fused-ring (bicyclic) bond motifs is 1. The van der Waals surface area contributed by atoms with Crippen LogP contribution in [-0.2, 0) is 17.7 Å². The van der Waals surface area contributed by atoms with Gasteiger partial charge in [0.1, 0.15) is 22.6 Å². The number of nitrogens with one attached hydrogen (secondary N) is 1. The predicted octanol–water partition coefficient (Wildman–Crippen LogP) is 2.49. The topological polar surface area (TPSA) is 110 Å². The second kappa shape index (κ2) is 7.35. The van der Waals surface area contributed by atoms with E-state index >= 15 is 0 Å². The van der Waals surface area contributed by atoms with Gasteiger partial charge in [-0.15, -0.1) is 0 Å². The second-order valence-electron chi connectivity index (χ2n) is 8.18. The molecule has 0 saturated carbocycles. The van der Waals surface area contributed by atoms with Gasteiger partial charge in [-0.3, -0.25) is 14.4 Å². The molecule has 3 rings (SSSR count). The summed E-state index contributed by atoms with van der Waals surface area (Å²) in [7, 11) is 2.79. The van der Waals surface area contributed by atoms with Crippen LogP contribution >= 0.6 is 0 Å². The number of carbonyl (C=O) groups is 3. The Labute approximate surface area is 167 Å². The largest absolute Gasteiger partial charge is 0.465 e. The number of hydrogen-bond donors (Lipinski definition) is 1. The lowest BCUT2D eigenvalue weighted by molar-refractivity contribution is 0.0598. The van der Waals surface area contributed by atoms with Crippen LogP contribution in [0.2, 0.25) is 0 Å². The number of aromatic amines is 1. The Morgan fingerprint density at radius 1 is 1.21 bits per heavy atom. The highest BCUT2D eigenvalue weighted by Gasteiger charge is 2.33. The molecule has 2 heterocycles. The third kappa shape index (κ3) is 4.01. The molecule has 2 aromatic heterocycles. The maximum absolute atomic E-state index is 12.8. The Morgan fingerprint density at radius 2 is 1.90 bits per heavy atom. The zero-order chi connectivity index (χ0) is 21.5. The molecule has 0 fully saturated rings. The van der Waals surface area contributed by atoms with Crippen molar-refractivity contribution in [2.24, 2.45) is 5.41 Å². The summed E-state index contributed by atoms with van der Waals surface area (Å²) in [6.07, 6.45) is 0.924. The molecule has 0 unspecified atom stereocenters. The van der Waals surface area contributed by atoms with Crippen LogP contribution in [-0.4, -0.2) is 41.7 Å². The predicted molar refractivity (Wildman–Crippen MR) is 104 cm³/mol. The highest BCUT2D eigenvalue weighted by atomic mass is 16.5. The number of ether oxygens (including phenoxy) is 1. The van der Waals surface area contributed by atoms with Crippen molar-refractivity contribution in [3.8, 4) is 0 Å². The number of rotatable bonds is 4. The van der Waals surface area contributed by atoms with E-state index in [2.05, 4.69) is 9.72 Å².